The Morgan fingerprint density at radius 1 is 1.47 bits per heavy atom. The first-order chi connectivity index (χ1) is 7.25. The number of nitrogens with one attached hydrogen (secondary N) is 1. The van der Waals surface area contributed by atoms with Crippen molar-refractivity contribution in [3.05, 3.63) is 40.2 Å². The smallest absolute Gasteiger partial charge is 0.180 e. The minimum Gasteiger partial charge on any atom is -0.447 e. The largest absolute Gasteiger partial charge is 0.447 e. The van der Waals surface area contributed by atoms with Crippen molar-refractivity contribution in [2.45, 2.75) is 6.54 Å². The molecule has 0 saturated carbocycles. The fourth-order valence-electron chi connectivity index (χ4n) is 1.04. The summed E-state index contributed by atoms with van der Waals surface area (Å²) in [6.07, 6.45) is 4.71. The predicted octanol–water partition coefficient (Wildman–Crippen LogP) is 3.10. The van der Waals surface area contributed by atoms with E-state index in [9.17, 15) is 0 Å². The lowest BCUT2D eigenvalue weighted by Crippen LogP contribution is -1.98. The highest BCUT2D eigenvalue weighted by Gasteiger charge is 2.01. The fraction of sp³-hybridized carbons (Fsp3) is 0.111. The number of pyridine rings is 1. The summed E-state index contributed by atoms with van der Waals surface area (Å²) >= 11 is 9.06. The number of aromatic nitrogens is 2. The zero-order valence-corrected chi connectivity index (χ0v) is 9.92. The molecule has 0 aliphatic rings. The second-order valence-electron chi connectivity index (χ2n) is 2.82. The Hall–Kier alpha value is -1.07. The Morgan fingerprint density at radius 2 is 2.33 bits per heavy atom. The molecule has 4 nitrogen and oxygen atoms in total. The number of oxazole rings is 1. The highest BCUT2D eigenvalue weighted by Crippen LogP contribution is 2.23. The normalized spacial score (nSPS) is 10.3. The van der Waals surface area contributed by atoms with E-state index in [2.05, 4.69) is 31.2 Å². The number of rotatable bonds is 3. The monoisotopic (exact) mass is 287 g/mol. The van der Waals surface area contributed by atoms with Crippen LogP contribution in [0.5, 0.6) is 0 Å². The molecule has 2 aromatic rings. The average molecular weight is 289 g/mol. The molecule has 0 aliphatic heterocycles. The summed E-state index contributed by atoms with van der Waals surface area (Å²) in [4.78, 5) is 7.80. The van der Waals surface area contributed by atoms with E-state index in [1.54, 1.807) is 12.4 Å². The number of nitrogens with zero attached hydrogens (tertiary/aromatic N) is 2. The molecule has 6 heteroatoms. The van der Waals surface area contributed by atoms with Crippen molar-refractivity contribution in [2.24, 2.45) is 0 Å². The maximum Gasteiger partial charge on any atom is 0.180 e. The van der Waals surface area contributed by atoms with Crippen molar-refractivity contribution in [1.82, 2.24) is 9.97 Å². The molecule has 0 bridgehead atoms. The van der Waals surface area contributed by atoms with Crippen LogP contribution in [0.4, 0.5) is 5.69 Å². The van der Waals surface area contributed by atoms with Crippen LogP contribution in [0.15, 0.2) is 33.7 Å². The first-order valence-electron chi connectivity index (χ1n) is 4.18. The van der Waals surface area contributed by atoms with Gasteiger partial charge in [-0.15, -0.1) is 0 Å². The van der Waals surface area contributed by atoms with Gasteiger partial charge in [0.05, 0.1) is 29.1 Å². The second-order valence-corrected chi connectivity index (χ2v) is 4.03. The Kier molecular flexibility index (Phi) is 3.23. The summed E-state index contributed by atoms with van der Waals surface area (Å²) in [7, 11) is 0. The van der Waals surface area contributed by atoms with Gasteiger partial charge < -0.3 is 9.73 Å². The molecule has 0 unspecified atom stereocenters. The first kappa shape index (κ1) is 10.4. The Balaban J connectivity index is 2.02. The summed E-state index contributed by atoms with van der Waals surface area (Å²) in [6, 6.07) is 1.85. The lowest BCUT2D eigenvalue weighted by atomic mass is 10.4. The van der Waals surface area contributed by atoms with Gasteiger partial charge in [0.2, 0.25) is 0 Å². The molecule has 2 rings (SSSR count). The van der Waals surface area contributed by atoms with Crippen LogP contribution in [-0.4, -0.2) is 9.97 Å². The van der Waals surface area contributed by atoms with E-state index in [0.717, 1.165) is 15.9 Å². The highest BCUT2D eigenvalue weighted by atomic mass is 79.9. The fourth-order valence-corrected chi connectivity index (χ4v) is 1.49. The van der Waals surface area contributed by atoms with E-state index >= 15 is 0 Å². The van der Waals surface area contributed by atoms with Gasteiger partial charge in [-0.2, -0.15) is 0 Å². The topological polar surface area (TPSA) is 51.0 Å². The average Bonchev–Trinajstić information content (AvgIpc) is 2.73. The molecule has 0 amide bonds. The van der Waals surface area contributed by atoms with Crippen LogP contribution < -0.4 is 5.32 Å². The number of anilines is 1. The number of halogens is 2. The van der Waals surface area contributed by atoms with E-state index in [1.807, 2.05) is 6.07 Å². The highest BCUT2D eigenvalue weighted by molar-refractivity contribution is 9.10. The molecule has 2 aromatic heterocycles. The van der Waals surface area contributed by atoms with Crippen LogP contribution >= 0.6 is 27.5 Å². The standard InChI is InChI=1S/C9H7BrClN3O/c10-8-1-6(2-14-9(8)11)13-4-7-3-12-5-15-7/h1-3,5,13H,4H2. The quantitative estimate of drug-likeness (QED) is 0.882. The van der Waals surface area contributed by atoms with E-state index < -0.39 is 0 Å². The third-order valence-electron chi connectivity index (χ3n) is 1.75. The Labute approximate surface area is 99.8 Å². The van der Waals surface area contributed by atoms with Crippen molar-refractivity contribution >= 4 is 33.2 Å². The minimum absolute atomic E-state index is 0.445. The summed E-state index contributed by atoms with van der Waals surface area (Å²) in [5.74, 6) is 0.765. The van der Waals surface area contributed by atoms with E-state index in [0.29, 0.717) is 11.7 Å². The van der Waals surface area contributed by atoms with E-state index in [4.69, 9.17) is 16.0 Å². The minimum atomic E-state index is 0.445. The van der Waals surface area contributed by atoms with Crippen LogP contribution in [-0.2, 0) is 6.54 Å². The Morgan fingerprint density at radius 3 is 3.00 bits per heavy atom. The maximum absolute atomic E-state index is 5.77. The molecule has 2 heterocycles. The summed E-state index contributed by atoms with van der Waals surface area (Å²) in [5.41, 5.74) is 0.864. The van der Waals surface area contributed by atoms with Crippen LogP contribution in [0, 0.1) is 0 Å². The molecule has 0 atom stereocenters. The molecule has 0 spiro atoms. The number of hydrogen-bond acceptors (Lipinski definition) is 4. The SMILES string of the molecule is Clc1ncc(NCc2cnco2)cc1Br. The van der Waals surface area contributed by atoms with Crippen LogP contribution in [0.2, 0.25) is 5.15 Å². The Bertz CT molecular complexity index is 447. The van der Waals surface area contributed by atoms with Gasteiger partial charge in [0.25, 0.3) is 0 Å². The molecule has 1 N–H and O–H groups in total. The molecular formula is C9H7BrClN3O. The van der Waals surface area contributed by atoms with Gasteiger partial charge in [-0.3, -0.25) is 0 Å². The van der Waals surface area contributed by atoms with Crippen molar-refractivity contribution in [1.29, 1.82) is 0 Å². The molecule has 0 radical (unpaired) electrons. The van der Waals surface area contributed by atoms with E-state index in [-0.39, 0.29) is 0 Å². The molecule has 0 aliphatic carbocycles. The van der Waals surface area contributed by atoms with Gasteiger partial charge in [-0.25, -0.2) is 9.97 Å². The van der Waals surface area contributed by atoms with Crippen molar-refractivity contribution in [2.75, 3.05) is 5.32 Å². The van der Waals surface area contributed by atoms with Gasteiger partial charge in [0.1, 0.15) is 10.9 Å². The van der Waals surface area contributed by atoms with Crippen LogP contribution in [0.25, 0.3) is 0 Å². The molecule has 15 heavy (non-hydrogen) atoms. The van der Waals surface area contributed by atoms with Gasteiger partial charge in [0, 0.05) is 0 Å². The van der Waals surface area contributed by atoms with Crippen molar-refractivity contribution in [3.63, 3.8) is 0 Å². The second kappa shape index (κ2) is 4.63. The van der Waals surface area contributed by atoms with Gasteiger partial charge in [-0.05, 0) is 22.0 Å². The van der Waals surface area contributed by atoms with Gasteiger partial charge in [0.15, 0.2) is 6.39 Å². The summed E-state index contributed by atoms with van der Waals surface area (Å²) in [6.45, 7) is 0.565. The predicted molar refractivity (Wildman–Crippen MR) is 60.8 cm³/mol. The first-order valence-corrected chi connectivity index (χ1v) is 5.35. The van der Waals surface area contributed by atoms with Gasteiger partial charge >= 0.3 is 0 Å². The van der Waals surface area contributed by atoms with Crippen LogP contribution in [0.3, 0.4) is 0 Å². The molecular weight excluding hydrogens is 281 g/mol. The zero-order chi connectivity index (χ0) is 10.7. The van der Waals surface area contributed by atoms with E-state index in [1.165, 1.54) is 6.39 Å². The maximum atomic E-state index is 5.77. The van der Waals surface area contributed by atoms with Crippen molar-refractivity contribution in [3.8, 4) is 0 Å². The lowest BCUT2D eigenvalue weighted by Gasteiger charge is -2.04. The molecule has 78 valence electrons. The van der Waals surface area contributed by atoms with Crippen molar-refractivity contribution < 1.29 is 4.42 Å². The third kappa shape index (κ3) is 2.70. The summed E-state index contributed by atoms with van der Waals surface area (Å²) < 4.78 is 5.83. The number of hydrogen-bond donors (Lipinski definition) is 1. The van der Waals surface area contributed by atoms with Crippen LogP contribution in [0.1, 0.15) is 5.76 Å². The third-order valence-corrected chi connectivity index (χ3v) is 2.88. The molecule has 0 fully saturated rings. The molecule has 0 saturated heterocycles. The van der Waals surface area contributed by atoms with Gasteiger partial charge in [-0.1, -0.05) is 11.6 Å². The lowest BCUT2D eigenvalue weighted by molar-refractivity contribution is 0.511. The summed E-state index contributed by atoms with van der Waals surface area (Å²) in [5, 5.41) is 3.57. The zero-order valence-electron chi connectivity index (χ0n) is 7.58. The molecule has 0 aromatic carbocycles.